The molecule has 0 fully saturated rings. The molecule has 118 valence electrons. The number of hydrogen-bond acceptors (Lipinski definition) is 3. The number of rotatable bonds is 7. The molecule has 2 N–H and O–H groups in total. The zero-order chi connectivity index (χ0) is 15.9. The fourth-order valence-electron chi connectivity index (χ4n) is 2.54. The number of nitrogens with one attached hydrogen (secondary N) is 1. The Morgan fingerprint density at radius 1 is 1.05 bits per heavy atom. The monoisotopic (exact) mass is 299 g/mol. The zero-order valence-corrected chi connectivity index (χ0v) is 13.5. The zero-order valence-electron chi connectivity index (χ0n) is 13.5. The second-order valence-corrected chi connectivity index (χ2v) is 5.71. The van der Waals surface area contributed by atoms with Crippen LogP contribution in [0.4, 0.5) is 0 Å². The molecular weight excluding hydrogens is 274 g/mol. The first-order valence-electron chi connectivity index (χ1n) is 7.72. The maximum atomic E-state index is 10.4. The van der Waals surface area contributed by atoms with Gasteiger partial charge in [0, 0.05) is 12.1 Å². The van der Waals surface area contributed by atoms with E-state index in [1.165, 1.54) is 0 Å². The number of methoxy groups -OCH3 is 1. The van der Waals surface area contributed by atoms with Crippen LogP contribution in [0.25, 0.3) is 0 Å². The Hall–Kier alpha value is -1.84. The Bertz CT molecular complexity index is 571. The van der Waals surface area contributed by atoms with E-state index in [0.29, 0.717) is 6.42 Å². The van der Waals surface area contributed by atoms with E-state index < -0.39 is 6.10 Å². The average molecular weight is 299 g/mol. The molecular formula is C19H25NO2. The molecule has 0 spiro atoms. The van der Waals surface area contributed by atoms with Crippen molar-refractivity contribution in [2.24, 2.45) is 0 Å². The Kier molecular flexibility index (Phi) is 5.99. The summed E-state index contributed by atoms with van der Waals surface area (Å²) < 4.78 is 5.26. The summed E-state index contributed by atoms with van der Waals surface area (Å²) >= 11 is 0. The summed E-state index contributed by atoms with van der Waals surface area (Å²) in [5.41, 5.74) is 2.30. The van der Waals surface area contributed by atoms with Crippen LogP contribution in [-0.2, 0) is 6.42 Å². The summed E-state index contributed by atoms with van der Waals surface area (Å²) in [5, 5.41) is 13.8. The lowest BCUT2D eigenvalue weighted by molar-refractivity contribution is 0.129. The fourth-order valence-corrected chi connectivity index (χ4v) is 2.54. The lowest BCUT2D eigenvalue weighted by atomic mass is 10.0. The van der Waals surface area contributed by atoms with Crippen LogP contribution >= 0.6 is 0 Å². The summed E-state index contributed by atoms with van der Waals surface area (Å²) in [6.07, 6.45) is 0.232. The lowest BCUT2D eigenvalue weighted by Crippen LogP contribution is -2.39. The Balaban J connectivity index is 1.93. The molecule has 0 aliphatic rings. The van der Waals surface area contributed by atoms with E-state index in [2.05, 4.69) is 18.3 Å². The number of aliphatic hydroxyl groups is 1. The minimum absolute atomic E-state index is 0.00130. The molecule has 3 unspecified atom stereocenters. The molecule has 0 amide bonds. The normalized spacial score (nSPS) is 15.1. The van der Waals surface area contributed by atoms with Crippen molar-refractivity contribution in [2.75, 3.05) is 7.11 Å². The van der Waals surface area contributed by atoms with Gasteiger partial charge in [0.15, 0.2) is 0 Å². The molecule has 3 atom stereocenters. The average Bonchev–Trinajstić information content (AvgIpc) is 2.55. The molecule has 2 aromatic rings. The van der Waals surface area contributed by atoms with Crippen LogP contribution in [-0.4, -0.2) is 24.4 Å². The molecule has 0 saturated carbocycles. The molecule has 3 nitrogen and oxygen atoms in total. The third-order valence-electron chi connectivity index (χ3n) is 3.97. The predicted molar refractivity (Wildman–Crippen MR) is 90.2 cm³/mol. The number of benzene rings is 2. The topological polar surface area (TPSA) is 41.5 Å². The third kappa shape index (κ3) is 4.58. The van der Waals surface area contributed by atoms with Crippen molar-refractivity contribution in [2.45, 2.75) is 38.5 Å². The minimum atomic E-state index is -0.421. The van der Waals surface area contributed by atoms with Gasteiger partial charge in [0.2, 0.25) is 0 Å². The van der Waals surface area contributed by atoms with Crippen molar-refractivity contribution in [3.63, 3.8) is 0 Å². The van der Waals surface area contributed by atoms with Crippen molar-refractivity contribution in [1.82, 2.24) is 5.32 Å². The van der Waals surface area contributed by atoms with Crippen molar-refractivity contribution in [3.8, 4) is 5.75 Å². The summed E-state index contributed by atoms with van der Waals surface area (Å²) in [6, 6.07) is 18.2. The van der Waals surface area contributed by atoms with Gasteiger partial charge in [0.25, 0.3) is 0 Å². The van der Waals surface area contributed by atoms with Gasteiger partial charge in [0.05, 0.1) is 13.2 Å². The van der Waals surface area contributed by atoms with Gasteiger partial charge in [-0.05, 0) is 43.5 Å². The highest BCUT2D eigenvalue weighted by Crippen LogP contribution is 2.19. The Morgan fingerprint density at radius 3 is 2.45 bits per heavy atom. The fraction of sp³-hybridized carbons (Fsp3) is 0.368. The Morgan fingerprint density at radius 2 is 1.77 bits per heavy atom. The second kappa shape index (κ2) is 7.97. The molecule has 22 heavy (non-hydrogen) atoms. The molecule has 0 aliphatic carbocycles. The van der Waals surface area contributed by atoms with Crippen LogP contribution < -0.4 is 10.1 Å². The van der Waals surface area contributed by atoms with E-state index in [9.17, 15) is 5.11 Å². The highest BCUT2D eigenvalue weighted by Gasteiger charge is 2.17. The van der Waals surface area contributed by atoms with Gasteiger partial charge in [-0.1, -0.05) is 42.5 Å². The molecule has 0 aliphatic heterocycles. The van der Waals surface area contributed by atoms with Crippen LogP contribution in [0.2, 0.25) is 0 Å². The first-order valence-corrected chi connectivity index (χ1v) is 7.72. The Labute approximate surface area is 133 Å². The molecule has 3 heteroatoms. The van der Waals surface area contributed by atoms with Crippen molar-refractivity contribution < 1.29 is 9.84 Å². The van der Waals surface area contributed by atoms with E-state index in [4.69, 9.17) is 4.74 Å². The molecule has 2 aromatic carbocycles. The van der Waals surface area contributed by atoms with Gasteiger partial charge in [-0.2, -0.15) is 0 Å². The summed E-state index contributed by atoms with van der Waals surface area (Å²) in [4.78, 5) is 0. The van der Waals surface area contributed by atoms with Gasteiger partial charge >= 0.3 is 0 Å². The molecule has 0 radical (unpaired) electrons. The van der Waals surface area contributed by atoms with Crippen LogP contribution in [0, 0.1) is 0 Å². The van der Waals surface area contributed by atoms with Gasteiger partial charge < -0.3 is 15.2 Å². The number of hydrogen-bond donors (Lipinski definition) is 2. The third-order valence-corrected chi connectivity index (χ3v) is 3.97. The smallest absolute Gasteiger partial charge is 0.119 e. The van der Waals surface area contributed by atoms with E-state index in [1.54, 1.807) is 7.11 Å². The van der Waals surface area contributed by atoms with Gasteiger partial charge in [-0.3, -0.25) is 0 Å². The first-order chi connectivity index (χ1) is 10.6. The summed E-state index contributed by atoms with van der Waals surface area (Å²) in [7, 11) is 1.67. The van der Waals surface area contributed by atoms with Gasteiger partial charge in [0.1, 0.15) is 5.75 Å². The van der Waals surface area contributed by atoms with Crippen LogP contribution in [0.5, 0.6) is 5.75 Å². The second-order valence-electron chi connectivity index (χ2n) is 5.71. The molecule has 0 heterocycles. The molecule has 0 saturated heterocycles. The van der Waals surface area contributed by atoms with Crippen LogP contribution in [0.3, 0.4) is 0 Å². The number of aliphatic hydroxyl groups excluding tert-OH is 1. The van der Waals surface area contributed by atoms with Gasteiger partial charge in [-0.25, -0.2) is 0 Å². The van der Waals surface area contributed by atoms with Gasteiger partial charge in [-0.15, -0.1) is 0 Å². The minimum Gasteiger partial charge on any atom is -0.497 e. The molecule has 0 bridgehead atoms. The number of ether oxygens (including phenoxy) is 1. The maximum absolute atomic E-state index is 10.4. The van der Waals surface area contributed by atoms with Crippen molar-refractivity contribution in [1.29, 1.82) is 0 Å². The van der Waals surface area contributed by atoms with E-state index >= 15 is 0 Å². The highest BCUT2D eigenvalue weighted by molar-refractivity contribution is 5.30. The molecule has 2 rings (SSSR count). The van der Waals surface area contributed by atoms with E-state index in [0.717, 1.165) is 16.9 Å². The summed E-state index contributed by atoms with van der Waals surface area (Å²) in [6.45, 7) is 4.12. The summed E-state index contributed by atoms with van der Waals surface area (Å²) in [5.74, 6) is 0.851. The highest BCUT2D eigenvalue weighted by atomic mass is 16.5. The van der Waals surface area contributed by atoms with Crippen molar-refractivity contribution in [3.05, 3.63) is 65.7 Å². The van der Waals surface area contributed by atoms with Crippen LogP contribution in [0.1, 0.15) is 31.0 Å². The quantitative estimate of drug-likeness (QED) is 0.824. The molecule has 0 aromatic heterocycles. The van der Waals surface area contributed by atoms with E-state index in [1.807, 2.05) is 55.5 Å². The first kappa shape index (κ1) is 16.5. The predicted octanol–water partition coefficient (Wildman–Crippen LogP) is 3.34. The lowest BCUT2D eigenvalue weighted by Gasteiger charge is -2.25. The van der Waals surface area contributed by atoms with Crippen molar-refractivity contribution >= 4 is 0 Å². The standard InChI is InChI=1S/C19H25NO2/c1-14(17-10-7-11-18(13-17)22-3)20-15(2)19(21)12-16-8-5-4-6-9-16/h4-11,13-15,19-21H,12H2,1-3H3. The van der Waals surface area contributed by atoms with E-state index in [-0.39, 0.29) is 12.1 Å². The van der Waals surface area contributed by atoms with Crippen LogP contribution in [0.15, 0.2) is 54.6 Å². The largest absolute Gasteiger partial charge is 0.497 e. The maximum Gasteiger partial charge on any atom is 0.119 e. The SMILES string of the molecule is COc1cccc(C(C)NC(C)C(O)Cc2ccccc2)c1.